The first-order valence-corrected chi connectivity index (χ1v) is 4.57. The molecule has 1 saturated heterocycles. The maximum absolute atomic E-state index is 10.5. The van der Waals surface area contributed by atoms with E-state index in [1.807, 2.05) is 0 Å². The topological polar surface area (TPSA) is 88.2 Å². The van der Waals surface area contributed by atoms with E-state index in [1.165, 1.54) is 0 Å². The van der Waals surface area contributed by atoms with Gasteiger partial charge in [-0.3, -0.25) is 0 Å². The molecule has 0 radical (unpaired) electrons. The third-order valence-corrected chi connectivity index (χ3v) is 2.24. The molecule has 1 atom stereocenters. The number of hydrogen-bond donors (Lipinski definition) is 2. The Hall–Kier alpha value is -1.43. The average Bonchev–Trinajstić information content (AvgIpc) is 2.68. The van der Waals surface area contributed by atoms with Gasteiger partial charge in [-0.25, -0.2) is 4.79 Å². The molecule has 2 N–H and O–H groups in total. The van der Waals surface area contributed by atoms with Crippen LogP contribution in [0.15, 0.2) is 4.52 Å². The van der Waals surface area contributed by atoms with Gasteiger partial charge in [0.1, 0.15) is 0 Å². The number of piperidine rings is 1. The fourth-order valence-electron chi connectivity index (χ4n) is 1.53. The molecule has 14 heavy (non-hydrogen) atoms. The molecular formula is C8H11N3O3. The van der Waals surface area contributed by atoms with Gasteiger partial charge in [0.05, 0.1) is 6.04 Å². The summed E-state index contributed by atoms with van der Waals surface area (Å²) in [5.41, 5.74) is 0. The predicted molar refractivity (Wildman–Crippen MR) is 45.9 cm³/mol. The second-order valence-corrected chi connectivity index (χ2v) is 3.26. The third-order valence-electron chi connectivity index (χ3n) is 2.24. The molecule has 1 fully saturated rings. The molecule has 2 rings (SSSR count). The van der Waals surface area contributed by atoms with Crippen molar-refractivity contribution in [3.63, 3.8) is 0 Å². The van der Waals surface area contributed by atoms with Crippen molar-refractivity contribution in [1.82, 2.24) is 15.5 Å². The van der Waals surface area contributed by atoms with Crippen LogP contribution in [-0.4, -0.2) is 27.8 Å². The second-order valence-electron chi connectivity index (χ2n) is 3.26. The molecule has 1 unspecified atom stereocenters. The van der Waals surface area contributed by atoms with Crippen molar-refractivity contribution >= 4 is 5.97 Å². The average molecular weight is 197 g/mol. The van der Waals surface area contributed by atoms with E-state index in [2.05, 4.69) is 15.5 Å². The number of rotatable bonds is 2. The summed E-state index contributed by atoms with van der Waals surface area (Å²) in [5, 5.41) is 15.2. The lowest BCUT2D eigenvalue weighted by atomic mass is 10.1. The molecule has 6 heteroatoms. The lowest BCUT2D eigenvalue weighted by molar-refractivity contribution is 0.0680. The lowest BCUT2D eigenvalue weighted by Gasteiger charge is -2.19. The van der Waals surface area contributed by atoms with Crippen LogP contribution in [0.4, 0.5) is 0 Å². The summed E-state index contributed by atoms with van der Waals surface area (Å²) in [6.07, 6.45) is 3.15. The minimum Gasteiger partial charge on any atom is -0.475 e. The molecule has 1 aromatic heterocycles. The SMILES string of the molecule is O=C(O)c1noc(C2CCCCN2)n1. The third kappa shape index (κ3) is 1.74. The summed E-state index contributed by atoms with van der Waals surface area (Å²) >= 11 is 0. The van der Waals surface area contributed by atoms with Gasteiger partial charge in [0.25, 0.3) is 5.82 Å². The second kappa shape index (κ2) is 3.75. The molecule has 76 valence electrons. The molecule has 6 nitrogen and oxygen atoms in total. The van der Waals surface area contributed by atoms with Crippen LogP contribution in [0.25, 0.3) is 0 Å². The molecular weight excluding hydrogens is 186 g/mol. The number of nitrogens with zero attached hydrogens (tertiary/aromatic N) is 2. The van der Waals surface area contributed by atoms with Crippen molar-refractivity contribution in [2.45, 2.75) is 25.3 Å². The standard InChI is InChI=1S/C8H11N3O3/c12-8(13)6-10-7(14-11-6)5-3-1-2-4-9-5/h5,9H,1-4H2,(H,12,13). The molecule has 1 aromatic rings. The molecule has 0 aromatic carbocycles. The van der Waals surface area contributed by atoms with Gasteiger partial charge in [-0.05, 0) is 24.5 Å². The van der Waals surface area contributed by atoms with E-state index in [4.69, 9.17) is 9.63 Å². The molecule has 0 spiro atoms. The molecule has 0 bridgehead atoms. The fourth-order valence-corrected chi connectivity index (χ4v) is 1.53. The van der Waals surface area contributed by atoms with Crippen LogP contribution in [0.5, 0.6) is 0 Å². The van der Waals surface area contributed by atoms with Gasteiger partial charge in [-0.1, -0.05) is 6.42 Å². The zero-order valence-electron chi connectivity index (χ0n) is 7.56. The van der Waals surface area contributed by atoms with E-state index in [1.54, 1.807) is 0 Å². The predicted octanol–water partition coefficient (Wildman–Crippen LogP) is 0.582. The first-order chi connectivity index (χ1) is 6.77. The summed E-state index contributed by atoms with van der Waals surface area (Å²) in [6.45, 7) is 0.912. The Bertz CT molecular complexity index is 330. The fraction of sp³-hybridized carbons (Fsp3) is 0.625. The quantitative estimate of drug-likeness (QED) is 0.721. The van der Waals surface area contributed by atoms with E-state index in [9.17, 15) is 4.79 Å². The van der Waals surface area contributed by atoms with Crippen molar-refractivity contribution in [2.75, 3.05) is 6.54 Å². The minimum absolute atomic E-state index is 0.0179. The van der Waals surface area contributed by atoms with E-state index in [0.717, 1.165) is 25.8 Å². The summed E-state index contributed by atoms with van der Waals surface area (Å²) in [7, 11) is 0. The number of hydrogen-bond acceptors (Lipinski definition) is 5. The van der Waals surface area contributed by atoms with Crippen LogP contribution >= 0.6 is 0 Å². The monoisotopic (exact) mass is 197 g/mol. The van der Waals surface area contributed by atoms with Gasteiger partial charge < -0.3 is 14.9 Å². The Morgan fingerprint density at radius 3 is 3.00 bits per heavy atom. The molecule has 1 aliphatic heterocycles. The molecule has 0 aliphatic carbocycles. The van der Waals surface area contributed by atoms with Crippen LogP contribution in [-0.2, 0) is 0 Å². The Morgan fingerprint density at radius 2 is 2.43 bits per heavy atom. The van der Waals surface area contributed by atoms with Gasteiger partial charge in [0.2, 0.25) is 5.89 Å². The lowest BCUT2D eigenvalue weighted by Crippen LogP contribution is -2.27. The normalized spacial score (nSPS) is 22.1. The highest BCUT2D eigenvalue weighted by Gasteiger charge is 2.22. The Balaban J connectivity index is 2.11. The smallest absolute Gasteiger partial charge is 0.377 e. The van der Waals surface area contributed by atoms with E-state index in [0.29, 0.717) is 5.89 Å². The van der Waals surface area contributed by atoms with E-state index in [-0.39, 0.29) is 11.9 Å². The van der Waals surface area contributed by atoms with Crippen LogP contribution in [0.3, 0.4) is 0 Å². The summed E-state index contributed by atoms with van der Waals surface area (Å²) < 4.78 is 4.86. The summed E-state index contributed by atoms with van der Waals surface area (Å²) in [5.74, 6) is -1.05. The zero-order valence-corrected chi connectivity index (χ0v) is 7.56. The molecule has 0 amide bonds. The highest BCUT2D eigenvalue weighted by atomic mass is 16.5. The van der Waals surface area contributed by atoms with Gasteiger partial charge in [-0.2, -0.15) is 4.98 Å². The van der Waals surface area contributed by atoms with E-state index >= 15 is 0 Å². The number of nitrogens with one attached hydrogen (secondary N) is 1. The van der Waals surface area contributed by atoms with Crippen molar-refractivity contribution < 1.29 is 14.4 Å². The minimum atomic E-state index is -1.16. The van der Waals surface area contributed by atoms with Gasteiger partial charge in [0, 0.05) is 0 Å². The van der Waals surface area contributed by atoms with E-state index < -0.39 is 5.97 Å². The summed E-state index contributed by atoms with van der Waals surface area (Å²) in [6, 6.07) is 0.0179. The Morgan fingerprint density at radius 1 is 1.57 bits per heavy atom. The zero-order chi connectivity index (χ0) is 9.97. The highest BCUT2D eigenvalue weighted by Crippen LogP contribution is 2.20. The maximum Gasteiger partial charge on any atom is 0.377 e. The van der Waals surface area contributed by atoms with Crippen LogP contribution < -0.4 is 5.32 Å². The number of aromatic nitrogens is 2. The number of carbonyl (C=O) groups is 1. The van der Waals surface area contributed by atoms with Crippen LogP contribution in [0.2, 0.25) is 0 Å². The van der Waals surface area contributed by atoms with Crippen molar-refractivity contribution in [3.8, 4) is 0 Å². The van der Waals surface area contributed by atoms with Crippen LogP contribution in [0.1, 0.15) is 41.8 Å². The first-order valence-electron chi connectivity index (χ1n) is 4.57. The number of aromatic carboxylic acids is 1. The molecule has 2 heterocycles. The van der Waals surface area contributed by atoms with Crippen molar-refractivity contribution in [1.29, 1.82) is 0 Å². The van der Waals surface area contributed by atoms with Crippen molar-refractivity contribution in [2.24, 2.45) is 0 Å². The molecule has 1 aliphatic rings. The molecule has 0 saturated carbocycles. The number of carboxylic acids is 1. The summed E-state index contributed by atoms with van der Waals surface area (Å²) in [4.78, 5) is 14.3. The first kappa shape index (κ1) is 9.14. The van der Waals surface area contributed by atoms with Crippen LogP contribution in [0, 0.1) is 0 Å². The maximum atomic E-state index is 10.5. The van der Waals surface area contributed by atoms with Gasteiger partial charge in [-0.15, -0.1) is 0 Å². The largest absolute Gasteiger partial charge is 0.475 e. The van der Waals surface area contributed by atoms with Gasteiger partial charge in [0.15, 0.2) is 0 Å². The van der Waals surface area contributed by atoms with Crippen molar-refractivity contribution in [3.05, 3.63) is 11.7 Å². The Labute approximate surface area is 80.3 Å². The number of carboxylic acid groups (broad SMARTS) is 1. The Kier molecular flexibility index (Phi) is 2.45. The highest BCUT2D eigenvalue weighted by molar-refractivity contribution is 5.82. The van der Waals surface area contributed by atoms with Gasteiger partial charge >= 0.3 is 5.97 Å².